The molecule has 0 amide bonds. The summed E-state index contributed by atoms with van der Waals surface area (Å²) in [5, 5.41) is 4.08. The van der Waals surface area contributed by atoms with E-state index >= 15 is 0 Å². The normalized spacial score (nSPS) is 24.8. The second-order valence-corrected chi connectivity index (χ2v) is 8.47. The lowest BCUT2D eigenvalue weighted by Crippen LogP contribution is -2.59. The van der Waals surface area contributed by atoms with Crippen molar-refractivity contribution in [3.63, 3.8) is 0 Å². The van der Waals surface area contributed by atoms with E-state index in [1.807, 2.05) is 0 Å². The van der Waals surface area contributed by atoms with Crippen LogP contribution in [0.15, 0.2) is 23.1 Å². The van der Waals surface area contributed by atoms with Crippen LogP contribution in [0.5, 0.6) is 0 Å². The smallest absolute Gasteiger partial charge is 0.242 e. The summed E-state index contributed by atoms with van der Waals surface area (Å²) in [4.78, 5) is 0.0536. The molecule has 2 N–H and O–H groups in total. The first kappa shape index (κ1) is 15.6. The van der Waals surface area contributed by atoms with Gasteiger partial charge in [0.2, 0.25) is 10.0 Å². The van der Waals surface area contributed by atoms with Gasteiger partial charge in [-0.1, -0.05) is 23.2 Å². The molecule has 7 heteroatoms. The van der Waals surface area contributed by atoms with Gasteiger partial charge in [0, 0.05) is 16.6 Å². The van der Waals surface area contributed by atoms with Crippen LogP contribution in [0.4, 0.5) is 0 Å². The highest BCUT2D eigenvalue weighted by Gasteiger charge is 2.41. The van der Waals surface area contributed by atoms with Gasteiger partial charge in [-0.15, -0.1) is 0 Å². The van der Waals surface area contributed by atoms with Gasteiger partial charge in [0.15, 0.2) is 0 Å². The van der Waals surface area contributed by atoms with Gasteiger partial charge in [-0.05, 0) is 56.8 Å². The minimum absolute atomic E-state index is 0.0494. The number of sulfonamides is 1. The van der Waals surface area contributed by atoms with Crippen molar-refractivity contribution in [3.05, 3.63) is 28.2 Å². The number of hydrogen-bond acceptors (Lipinski definition) is 3. The highest BCUT2D eigenvalue weighted by Crippen LogP contribution is 2.38. The van der Waals surface area contributed by atoms with E-state index in [9.17, 15) is 8.42 Å². The van der Waals surface area contributed by atoms with E-state index in [1.165, 1.54) is 18.6 Å². The minimum atomic E-state index is -3.64. The zero-order valence-corrected chi connectivity index (χ0v) is 13.9. The Bertz CT molecular complexity index is 644. The molecule has 1 aromatic carbocycles. The van der Waals surface area contributed by atoms with Gasteiger partial charge in [-0.2, -0.15) is 0 Å². The van der Waals surface area contributed by atoms with Crippen LogP contribution < -0.4 is 10.0 Å². The average Bonchev–Trinajstić information content (AvgIpc) is 2.39. The van der Waals surface area contributed by atoms with Gasteiger partial charge in [-0.3, -0.25) is 0 Å². The molecule has 2 fully saturated rings. The molecule has 1 aliphatic carbocycles. The van der Waals surface area contributed by atoms with E-state index < -0.39 is 10.0 Å². The van der Waals surface area contributed by atoms with Crippen molar-refractivity contribution in [1.82, 2.24) is 10.0 Å². The van der Waals surface area contributed by atoms with Crippen LogP contribution >= 0.6 is 23.2 Å². The summed E-state index contributed by atoms with van der Waals surface area (Å²) < 4.78 is 27.8. The van der Waals surface area contributed by atoms with Gasteiger partial charge < -0.3 is 5.32 Å². The van der Waals surface area contributed by atoms with Crippen molar-refractivity contribution in [2.75, 3.05) is 6.54 Å². The van der Waals surface area contributed by atoms with Crippen LogP contribution in [0, 0.1) is 0 Å². The molecule has 1 saturated heterocycles. The Kier molecular flexibility index (Phi) is 4.23. The van der Waals surface area contributed by atoms with Crippen LogP contribution in [-0.2, 0) is 10.0 Å². The van der Waals surface area contributed by atoms with Gasteiger partial charge in [0.1, 0.15) is 4.90 Å². The van der Waals surface area contributed by atoms with E-state index in [0.717, 1.165) is 32.2 Å². The molecule has 3 rings (SSSR count). The minimum Gasteiger partial charge on any atom is -0.311 e. The maximum absolute atomic E-state index is 12.5. The van der Waals surface area contributed by atoms with Crippen molar-refractivity contribution in [2.45, 2.75) is 48.6 Å². The third-order valence-electron chi connectivity index (χ3n) is 4.45. The molecule has 1 aliphatic heterocycles. The summed E-state index contributed by atoms with van der Waals surface area (Å²) in [6.07, 6.45) is 5.10. The lowest BCUT2D eigenvalue weighted by molar-refractivity contribution is 0.126. The van der Waals surface area contributed by atoms with Crippen molar-refractivity contribution in [1.29, 1.82) is 0 Å². The number of hydrogen-bond donors (Lipinski definition) is 2. The molecule has 0 aromatic heterocycles. The first-order chi connectivity index (χ1) is 9.90. The van der Waals surface area contributed by atoms with E-state index in [0.29, 0.717) is 5.02 Å². The Balaban J connectivity index is 1.78. The van der Waals surface area contributed by atoms with Crippen LogP contribution in [0.3, 0.4) is 0 Å². The second-order valence-electron chi connectivity index (χ2n) is 5.95. The summed E-state index contributed by atoms with van der Waals surface area (Å²) in [6, 6.07) is 4.43. The highest BCUT2D eigenvalue weighted by atomic mass is 35.5. The predicted molar refractivity (Wildman–Crippen MR) is 84.4 cm³/mol. The fraction of sp³-hybridized carbons (Fsp3) is 0.571. The Labute approximate surface area is 135 Å². The molecular formula is C14H18Cl2N2O2S. The molecule has 1 unspecified atom stereocenters. The van der Waals surface area contributed by atoms with E-state index in [4.69, 9.17) is 23.2 Å². The summed E-state index contributed by atoms with van der Waals surface area (Å²) >= 11 is 11.9. The van der Waals surface area contributed by atoms with Gasteiger partial charge in [0.25, 0.3) is 0 Å². The lowest BCUT2D eigenvalue weighted by Gasteiger charge is -2.48. The fourth-order valence-electron chi connectivity index (χ4n) is 3.21. The Morgan fingerprint density at radius 2 is 2.05 bits per heavy atom. The molecule has 2 aliphatic rings. The van der Waals surface area contributed by atoms with E-state index in [1.54, 1.807) is 6.07 Å². The van der Waals surface area contributed by atoms with E-state index in [2.05, 4.69) is 10.0 Å². The number of halogens is 2. The second kappa shape index (κ2) is 5.70. The first-order valence-electron chi connectivity index (χ1n) is 7.13. The molecule has 1 atom stereocenters. The molecule has 1 spiro atoms. The number of nitrogens with one attached hydrogen (secondary N) is 2. The number of benzene rings is 1. The molecule has 21 heavy (non-hydrogen) atoms. The Morgan fingerprint density at radius 3 is 2.71 bits per heavy atom. The Hall–Kier alpha value is -0.330. The maximum Gasteiger partial charge on any atom is 0.242 e. The van der Waals surface area contributed by atoms with Crippen molar-refractivity contribution < 1.29 is 8.42 Å². The van der Waals surface area contributed by atoms with Crippen molar-refractivity contribution >= 4 is 33.2 Å². The topological polar surface area (TPSA) is 58.2 Å². The third kappa shape index (κ3) is 3.22. The molecule has 1 heterocycles. The molecule has 1 saturated carbocycles. The van der Waals surface area contributed by atoms with Crippen LogP contribution in [0.1, 0.15) is 32.1 Å². The predicted octanol–water partition coefficient (Wildman–Crippen LogP) is 2.95. The molecule has 4 nitrogen and oxygen atoms in total. The quantitative estimate of drug-likeness (QED) is 0.882. The molecule has 0 bridgehead atoms. The summed E-state index contributed by atoms with van der Waals surface area (Å²) in [5.74, 6) is 0. The zero-order chi connectivity index (χ0) is 15.1. The fourth-order valence-corrected chi connectivity index (χ4v) is 5.24. The van der Waals surface area contributed by atoms with E-state index in [-0.39, 0.29) is 21.5 Å². The summed E-state index contributed by atoms with van der Waals surface area (Å²) in [7, 11) is -3.64. The third-order valence-corrected chi connectivity index (χ3v) is 6.68. The molecule has 116 valence electrons. The SMILES string of the molecule is O=S(=O)(NC1CCNC2(CCC2)C1)c1cc(Cl)ccc1Cl. The summed E-state index contributed by atoms with van der Waals surface area (Å²) in [5.41, 5.74) is 0.142. The van der Waals surface area contributed by atoms with Crippen molar-refractivity contribution in [3.8, 4) is 0 Å². The summed E-state index contributed by atoms with van der Waals surface area (Å²) in [6.45, 7) is 0.844. The van der Waals surface area contributed by atoms with Crippen LogP contribution in [0.2, 0.25) is 10.0 Å². The lowest BCUT2D eigenvalue weighted by atomic mass is 9.70. The monoisotopic (exact) mass is 348 g/mol. The standard InChI is InChI=1S/C14H18Cl2N2O2S/c15-10-2-3-12(16)13(8-10)21(19,20)18-11-4-7-17-14(9-11)5-1-6-14/h2-3,8,11,17-18H,1,4-7,9H2. The Morgan fingerprint density at radius 1 is 1.29 bits per heavy atom. The largest absolute Gasteiger partial charge is 0.311 e. The molecular weight excluding hydrogens is 331 g/mol. The van der Waals surface area contributed by atoms with Crippen LogP contribution in [0.25, 0.3) is 0 Å². The molecule has 1 aromatic rings. The number of rotatable bonds is 3. The molecule has 0 radical (unpaired) electrons. The average molecular weight is 349 g/mol. The zero-order valence-electron chi connectivity index (χ0n) is 11.5. The van der Waals surface area contributed by atoms with Gasteiger partial charge in [-0.25, -0.2) is 13.1 Å². The highest BCUT2D eigenvalue weighted by molar-refractivity contribution is 7.89. The van der Waals surface area contributed by atoms with Crippen molar-refractivity contribution in [2.24, 2.45) is 0 Å². The maximum atomic E-state index is 12.5. The first-order valence-corrected chi connectivity index (χ1v) is 9.37. The number of piperidine rings is 1. The van der Waals surface area contributed by atoms with Gasteiger partial charge >= 0.3 is 0 Å². The van der Waals surface area contributed by atoms with Crippen LogP contribution in [-0.4, -0.2) is 26.5 Å². The van der Waals surface area contributed by atoms with Gasteiger partial charge in [0.05, 0.1) is 5.02 Å².